The van der Waals surface area contributed by atoms with Crippen molar-refractivity contribution in [1.29, 1.82) is 0 Å². The molecule has 6 heteroatoms. The van der Waals surface area contributed by atoms with Gasteiger partial charge < -0.3 is 5.11 Å². The van der Waals surface area contributed by atoms with E-state index in [0.29, 0.717) is 5.13 Å². The molecule has 0 aliphatic carbocycles. The number of carboxylic acids is 1. The molecule has 1 N–H and O–H groups in total. The number of aromatic carboxylic acids is 1. The molecular formula is C7H5N3O2S. The summed E-state index contributed by atoms with van der Waals surface area (Å²) in [5, 5.41) is 10.7. The van der Waals surface area contributed by atoms with Gasteiger partial charge in [-0.05, 0) is 0 Å². The van der Waals surface area contributed by atoms with Gasteiger partial charge in [-0.15, -0.1) is 11.3 Å². The fraction of sp³-hybridized carbons (Fsp3) is 0. The van der Waals surface area contributed by atoms with Gasteiger partial charge in [0.05, 0.1) is 0 Å². The quantitative estimate of drug-likeness (QED) is 0.777. The van der Waals surface area contributed by atoms with Crippen LogP contribution in [0.5, 0.6) is 0 Å². The molecule has 2 rings (SSSR count). The minimum Gasteiger partial charge on any atom is -0.476 e. The van der Waals surface area contributed by atoms with E-state index < -0.39 is 5.97 Å². The number of rotatable bonds is 2. The lowest BCUT2D eigenvalue weighted by atomic mass is 10.5. The van der Waals surface area contributed by atoms with Crippen molar-refractivity contribution >= 4 is 17.3 Å². The van der Waals surface area contributed by atoms with Crippen molar-refractivity contribution in [3.05, 3.63) is 29.8 Å². The van der Waals surface area contributed by atoms with Crippen LogP contribution in [-0.4, -0.2) is 25.6 Å². The Morgan fingerprint density at radius 1 is 1.62 bits per heavy atom. The van der Waals surface area contributed by atoms with Crippen LogP contribution in [0.15, 0.2) is 24.1 Å². The minimum absolute atomic E-state index is 0.0636. The maximum absolute atomic E-state index is 10.5. The second kappa shape index (κ2) is 2.98. The first-order chi connectivity index (χ1) is 6.27. The molecule has 0 amide bonds. The maximum atomic E-state index is 10.5. The van der Waals surface area contributed by atoms with Crippen molar-refractivity contribution in [2.24, 2.45) is 0 Å². The van der Waals surface area contributed by atoms with Crippen molar-refractivity contribution in [1.82, 2.24) is 14.5 Å². The van der Waals surface area contributed by atoms with Crippen molar-refractivity contribution in [2.75, 3.05) is 0 Å². The number of thiazole rings is 1. The van der Waals surface area contributed by atoms with Gasteiger partial charge in [0.1, 0.15) is 6.33 Å². The molecule has 0 aromatic carbocycles. The molecule has 0 saturated heterocycles. The largest absolute Gasteiger partial charge is 0.476 e. The Bertz CT molecular complexity index is 421. The average Bonchev–Trinajstić information content (AvgIpc) is 2.75. The zero-order chi connectivity index (χ0) is 9.26. The lowest BCUT2D eigenvalue weighted by Gasteiger charge is -1.91. The van der Waals surface area contributed by atoms with Gasteiger partial charge in [-0.2, -0.15) is 0 Å². The summed E-state index contributed by atoms with van der Waals surface area (Å²) in [6.07, 6.45) is 4.90. The number of aromatic nitrogens is 3. The summed E-state index contributed by atoms with van der Waals surface area (Å²) in [6, 6.07) is 0. The molecule has 0 saturated carbocycles. The van der Waals surface area contributed by atoms with Gasteiger partial charge in [-0.3, -0.25) is 4.57 Å². The molecule has 5 nitrogen and oxygen atoms in total. The predicted octanol–water partition coefficient (Wildman–Crippen LogP) is 1.03. The van der Waals surface area contributed by atoms with Crippen molar-refractivity contribution < 1.29 is 9.90 Å². The van der Waals surface area contributed by atoms with E-state index in [9.17, 15) is 4.79 Å². The molecule has 0 bridgehead atoms. The summed E-state index contributed by atoms with van der Waals surface area (Å²) in [4.78, 5) is 18.2. The Labute approximate surface area is 77.3 Å². The van der Waals surface area contributed by atoms with Gasteiger partial charge in [0.2, 0.25) is 0 Å². The number of carbonyl (C=O) groups is 1. The summed E-state index contributed by atoms with van der Waals surface area (Å²) in [5.41, 5.74) is 0.0636. The van der Waals surface area contributed by atoms with Crippen LogP contribution in [-0.2, 0) is 0 Å². The second-order valence-corrected chi connectivity index (χ2v) is 3.13. The molecule has 0 radical (unpaired) electrons. The smallest absolute Gasteiger partial charge is 0.355 e. The molecule has 13 heavy (non-hydrogen) atoms. The Balaban J connectivity index is 2.39. The van der Waals surface area contributed by atoms with E-state index in [-0.39, 0.29) is 5.69 Å². The summed E-state index contributed by atoms with van der Waals surface area (Å²) in [6.45, 7) is 0. The Morgan fingerprint density at radius 3 is 3.00 bits per heavy atom. The van der Waals surface area contributed by atoms with E-state index in [1.165, 1.54) is 16.7 Å². The van der Waals surface area contributed by atoms with E-state index in [0.717, 1.165) is 0 Å². The standard InChI is InChI=1S/C7H5N3O2S/c11-6(12)5-3-13-7(9-5)10-2-1-8-4-10/h1-4H,(H,11,12). The lowest BCUT2D eigenvalue weighted by molar-refractivity contribution is 0.0691. The molecule has 0 aliphatic heterocycles. The lowest BCUT2D eigenvalue weighted by Crippen LogP contribution is -1.97. The zero-order valence-electron chi connectivity index (χ0n) is 6.41. The Kier molecular flexibility index (Phi) is 1.82. The third kappa shape index (κ3) is 1.43. The fourth-order valence-electron chi connectivity index (χ4n) is 0.853. The summed E-state index contributed by atoms with van der Waals surface area (Å²) in [7, 11) is 0. The number of hydrogen-bond acceptors (Lipinski definition) is 4. The number of nitrogens with zero attached hydrogens (tertiary/aromatic N) is 3. The van der Waals surface area contributed by atoms with E-state index in [2.05, 4.69) is 9.97 Å². The van der Waals surface area contributed by atoms with Crippen LogP contribution in [0.4, 0.5) is 0 Å². The number of imidazole rings is 1. The highest BCUT2D eigenvalue weighted by molar-refractivity contribution is 7.12. The number of carboxylic acid groups (broad SMARTS) is 1. The van der Waals surface area contributed by atoms with Gasteiger partial charge in [-0.25, -0.2) is 14.8 Å². The summed E-state index contributed by atoms with van der Waals surface area (Å²) >= 11 is 1.27. The first kappa shape index (κ1) is 7.93. The Hall–Kier alpha value is -1.69. The molecule has 0 fully saturated rings. The molecule has 2 aromatic rings. The fourth-order valence-corrected chi connectivity index (χ4v) is 1.60. The highest BCUT2D eigenvalue weighted by Crippen LogP contribution is 2.13. The molecule has 0 spiro atoms. The summed E-state index contributed by atoms with van der Waals surface area (Å²) < 4.78 is 1.66. The molecule has 2 heterocycles. The van der Waals surface area contributed by atoms with Crippen LogP contribution in [0.1, 0.15) is 10.5 Å². The molecule has 0 unspecified atom stereocenters. The van der Waals surface area contributed by atoms with E-state index in [1.807, 2.05) is 0 Å². The molecule has 0 atom stereocenters. The first-order valence-corrected chi connectivity index (χ1v) is 4.32. The molecule has 0 aliphatic rings. The van der Waals surface area contributed by atoms with E-state index >= 15 is 0 Å². The van der Waals surface area contributed by atoms with Crippen LogP contribution in [0.2, 0.25) is 0 Å². The molecular weight excluding hydrogens is 190 g/mol. The third-order valence-corrected chi connectivity index (χ3v) is 2.29. The zero-order valence-corrected chi connectivity index (χ0v) is 7.23. The maximum Gasteiger partial charge on any atom is 0.355 e. The van der Waals surface area contributed by atoms with Gasteiger partial charge in [0.25, 0.3) is 0 Å². The number of hydrogen-bond donors (Lipinski definition) is 1. The van der Waals surface area contributed by atoms with E-state index in [4.69, 9.17) is 5.11 Å². The van der Waals surface area contributed by atoms with Crippen LogP contribution in [0.3, 0.4) is 0 Å². The Morgan fingerprint density at radius 2 is 2.46 bits per heavy atom. The van der Waals surface area contributed by atoms with Crippen LogP contribution in [0, 0.1) is 0 Å². The average molecular weight is 195 g/mol. The second-order valence-electron chi connectivity index (χ2n) is 2.29. The third-order valence-electron chi connectivity index (χ3n) is 1.44. The minimum atomic E-state index is -1.01. The van der Waals surface area contributed by atoms with E-state index in [1.54, 1.807) is 23.3 Å². The van der Waals surface area contributed by atoms with Gasteiger partial charge in [0.15, 0.2) is 10.8 Å². The van der Waals surface area contributed by atoms with Crippen molar-refractivity contribution in [3.8, 4) is 5.13 Å². The predicted molar refractivity (Wildman–Crippen MR) is 46.2 cm³/mol. The molecule has 66 valence electrons. The van der Waals surface area contributed by atoms with Gasteiger partial charge in [0, 0.05) is 17.8 Å². The van der Waals surface area contributed by atoms with Crippen molar-refractivity contribution in [3.63, 3.8) is 0 Å². The van der Waals surface area contributed by atoms with Crippen LogP contribution >= 0.6 is 11.3 Å². The summed E-state index contributed by atoms with van der Waals surface area (Å²) in [5.74, 6) is -1.01. The highest BCUT2D eigenvalue weighted by Gasteiger charge is 2.08. The monoisotopic (exact) mass is 195 g/mol. The molecule has 2 aromatic heterocycles. The van der Waals surface area contributed by atoms with Crippen molar-refractivity contribution in [2.45, 2.75) is 0 Å². The first-order valence-electron chi connectivity index (χ1n) is 3.44. The van der Waals surface area contributed by atoms with Crippen LogP contribution in [0.25, 0.3) is 5.13 Å². The van der Waals surface area contributed by atoms with Gasteiger partial charge in [-0.1, -0.05) is 0 Å². The topological polar surface area (TPSA) is 68.0 Å². The SMILES string of the molecule is O=C(O)c1csc(-n2ccnc2)n1. The van der Waals surface area contributed by atoms with Gasteiger partial charge >= 0.3 is 5.97 Å². The highest BCUT2D eigenvalue weighted by atomic mass is 32.1. The van der Waals surface area contributed by atoms with Crippen LogP contribution < -0.4 is 0 Å². The normalized spacial score (nSPS) is 10.2.